The molecule has 26 heavy (non-hydrogen) atoms. The molecule has 0 fully saturated rings. The van der Waals surface area contributed by atoms with Crippen molar-refractivity contribution < 1.29 is 9.50 Å². The van der Waals surface area contributed by atoms with Crippen molar-refractivity contribution >= 4 is 28.4 Å². The van der Waals surface area contributed by atoms with E-state index in [0.717, 1.165) is 16.1 Å². The van der Waals surface area contributed by atoms with Crippen LogP contribution in [0.25, 0.3) is 16.8 Å². The second-order valence-corrected chi connectivity index (χ2v) is 7.23. The van der Waals surface area contributed by atoms with Crippen LogP contribution in [0.4, 0.5) is 10.1 Å². The maximum atomic E-state index is 13.2. The molecule has 0 atom stereocenters. The van der Waals surface area contributed by atoms with Gasteiger partial charge in [-0.05, 0) is 31.2 Å². The van der Waals surface area contributed by atoms with Gasteiger partial charge in [0, 0.05) is 16.1 Å². The predicted molar refractivity (Wildman–Crippen MR) is 103 cm³/mol. The molecule has 0 unspecified atom stereocenters. The van der Waals surface area contributed by atoms with Crippen LogP contribution in [-0.2, 0) is 0 Å². The Labute approximate surface area is 154 Å². The van der Waals surface area contributed by atoms with Gasteiger partial charge in [0.05, 0.1) is 17.8 Å². The van der Waals surface area contributed by atoms with Crippen LogP contribution in [0.5, 0.6) is 0 Å². The predicted octanol–water partition coefficient (Wildman–Crippen LogP) is 5.02. The number of aryl methyl sites for hydroxylation is 1. The molecule has 4 rings (SSSR count). The van der Waals surface area contributed by atoms with Crippen LogP contribution in [0.1, 0.15) is 9.88 Å². The van der Waals surface area contributed by atoms with Crippen molar-refractivity contribution in [2.45, 2.75) is 6.92 Å². The third kappa shape index (κ3) is 2.78. The van der Waals surface area contributed by atoms with Crippen molar-refractivity contribution in [2.24, 2.45) is 0 Å². The van der Waals surface area contributed by atoms with Gasteiger partial charge in [-0.25, -0.2) is 9.37 Å². The SMILES string of the molecule is Cc1sc(C2=C(O)CN(c3ccc(F)cc3)C2=N)nc1-c1ccccc1. The van der Waals surface area contributed by atoms with Crippen molar-refractivity contribution in [3.63, 3.8) is 0 Å². The van der Waals surface area contributed by atoms with Crippen LogP contribution in [0.2, 0.25) is 0 Å². The summed E-state index contributed by atoms with van der Waals surface area (Å²) in [4.78, 5) is 7.35. The first-order valence-corrected chi connectivity index (χ1v) is 8.93. The number of thiazole rings is 1. The van der Waals surface area contributed by atoms with Crippen LogP contribution in [0.15, 0.2) is 60.4 Å². The molecule has 1 aromatic heterocycles. The number of aliphatic hydroxyl groups is 1. The molecule has 1 aliphatic rings. The highest BCUT2D eigenvalue weighted by atomic mass is 32.1. The maximum absolute atomic E-state index is 13.2. The van der Waals surface area contributed by atoms with Crippen LogP contribution < -0.4 is 4.90 Å². The number of nitrogens with zero attached hydrogens (tertiary/aromatic N) is 2. The Balaban J connectivity index is 1.69. The zero-order valence-electron chi connectivity index (χ0n) is 14.0. The first-order chi connectivity index (χ1) is 12.5. The van der Waals surface area contributed by atoms with Gasteiger partial charge in [0.1, 0.15) is 22.4 Å². The highest BCUT2D eigenvalue weighted by molar-refractivity contribution is 7.13. The van der Waals surface area contributed by atoms with Crippen molar-refractivity contribution in [1.29, 1.82) is 5.41 Å². The van der Waals surface area contributed by atoms with Gasteiger partial charge in [0.2, 0.25) is 0 Å². The molecule has 3 aromatic rings. The van der Waals surface area contributed by atoms with E-state index in [-0.39, 0.29) is 24.0 Å². The van der Waals surface area contributed by atoms with Gasteiger partial charge in [0.25, 0.3) is 0 Å². The molecule has 0 aliphatic carbocycles. The number of benzene rings is 2. The summed E-state index contributed by atoms with van der Waals surface area (Å²) in [5, 5.41) is 19.6. The van der Waals surface area contributed by atoms with Gasteiger partial charge < -0.3 is 10.0 Å². The van der Waals surface area contributed by atoms with Crippen LogP contribution in [0.3, 0.4) is 0 Å². The number of halogens is 1. The molecule has 0 saturated carbocycles. The minimum Gasteiger partial charge on any atom is -0.510 e. The van der Waals surface area contributed by atoms with Crippen LogP contribution in [0, 0.1) is 18.2 Å². The number of aromatic nitrogens is 1. The molecular formula is C20H16FN3OS. The molecule has 0 bridgehead atoms. The lowest BCUT2D eigenvalue weighted by Crippen LogP contribution is -2.25. The summed E-state index contributed by atoms with van der Waals surface area (Å²) < 4.78 is 13.2. The molecule has 2 aromatic carbocycles. The number of amidine groups is 1. The number of hydrogen-bond donors (Lipinski definition) is 2. The van der Waals surface area contributed by atoms with E-state index in [2.05, 4.69) is 4.98 Å². The van der Waals surface area contributed by atoms with Gasteiger partial charge in [-0.15, -0.1) is 11.3 Å². The first kappa shape index (κ1) is 16.5. The van der Waals surface area contributed by atoms with Crippen LogP contribution in [-0.4, -0.2) is 22.5 Å². The molecule has 6 heteroatoms. The number of hydrogen-bond acceptors (Lipinski definition) is 4. The highest BCUT2D eigenvalue weighted by Gasteiger charge is 2.31. The number of aliphatic hydroxyl groups excluding tert-OH is 1. The average molecular weight is 365 g/mol. The standard InChI is InChI=1S/C20H16FN3OS/c1-12-18(13-5-3-2-4-6-13)23-20(26-12)17-16(25)11-24(19(17)22)15-9-7-14(21)8-10-15/h2-10,22,25H,11H2,1H3. The Kier molecular flexibility index (Phi) is 4.05. The highest BCUT2D eigenvalue weighted by Crippen LogP contribution is 2.36. The van der Waals surface area contributed by atoms with Gasteiger partial charge in [-0.3, -0.25) is 5.41 Å². The molecular weight excluding hydrogens is 349 g/mol. The minimum atomic E-state index is -0.333. The fourth-order valence-corrected chi connectivity index (χ4v) is 4.02. The lowest BCUT2D eigenvalue weighted by molar-refractivity contribution is 0.411. The van der Waals surface area contributed by atoms with Crippen LogP contribution >= 0.6 is 11.3 Å². The minimum absolute atomic E-state index is 0.104. The molecule has 0 radical (unpaired) electrons. The molecule has 0 spiro atoms. The quantitative estimate of drug-likeness (QED) is 0.685. The van der Waals surface area contributed by atoms with Crippen molar-refractivity contribution in [2.75, 3.05) is 11.4 Å². The summed E-state index contributed by atoms with van der Waals surface area (Å²) in [6, 6.07) is 15.7. The molecule has 130 valence electrons. The third-order valence-electron chi connectivity index (χ3n) is 4.30. The van der Waals surface area contributed by atoms with E-state index in [1.165, 1.54) is 23.5 Å². The van der Waals surface area contributed by atoms with Gasteiger partial charge in [0.15, 0.2) is 0 Å². The van der Waals surface area contributed by atoms with E-state index in [1.807, 2.05) is 37.3 Å². The Hall–Kier alpha value is -2.99. The molecule has 4 nitrogen and oxygen atoms in total. The largest absolute Gasteiger partial charge is 0.510 e. The van der Waals surface area contributed by atoms with E-state index in [9.17, 15) is 9.50 Å². The van der Waals surface area contributed by atoms with E-state index in [0.29, 0.717) is 16.3 Å². The maximum Gasteiger partial charge on any atom is 0.139 e. The van der Waals surface area contributed by atoms with E-state index >= 15 is 0 Å². The Bertz CT molecular complexity index is 1010. The van der Waals surface area contributed by atoms with E-state index < -0.39 is 0 Å². The fourth-order valence-electron chi connectivity index (χ4n) is 3.01. The summed E-state index contributed by atoms with van der Waals surface area (Å²) >= 11 is 1.46. The summed E-state index contributed by atoms with van der Waals surface area (Å²) in [7, 11) is 0. The van der Waals surface area contributed by atoms with Gasteiger partial charge in [-0.2, -0.15) is 0 Å². The summed E-state index contributed by atoms with van der Waals surface area (Å²) in [5.41, 5.74) is 2.96. The Morgan fingerprint density at radius 1 is 1.12 bits per heavy atom. The monoisotopic (exact) mass is 365 g/mol. The Morgan fingerprint density at radius 2 is 1.81 bits per heavy atom. The van der Waals surface area contributed by atoms with E-state index in [1.54, 1.807) is 17.0 Å². The van der Waals surface area contributed by atoms with E-state index in [4.69, 9.17) is 5.41 Å². The summed E-state index contributed by atoms with van der Waals surface area (Å²) in [6.07, 6.45) is 0. The smallest absolute Gasteiger partial charge is 0.139 e. The van der Waals surface area contributed by atoms with Gasteiger partial charge in [-0.1, -0.05) is 30.3 Å². The first-order valence-electron chi connectivity index (χ1n) is 8.12. The molecule has 0 saturated heterocycles. The topological polar surface area (TPSA) is 60.2 Å². The summed E-state index contributed by atoms with van der Waals surface area (Å²) in [5.74, 6) is -0.0601. The number of anilines is 1. The molecule has 2 heterocycles. The average Bonchev–Trinajstić information content (AvgIpc) is 3.16. The molecule has 0 amide bonds. The number of rotatable bonds is 3. The molecule has 2 N–H and O–H groups in total. The fraction of sp³-hybridized carbons (Fsp3) is 0.100. The zero-order valence-corrected chi connectivity index (χ0v) is 14.8. The lowest BCUT2D eigenvalue weighted by Gasteiger charge is -2.18. The molecule has 1 aliphatic heterocycles. The zero-order chi connectivity index (χ0) is 18.3. The third-order valence-corrected chi connectivity index (χ3v) is 5.29. The number of nitrogens with one attached hydrogen (secondary N) is 1. The Morgan fingerprint density at radius 3 is 2.50 bits per heavy atom. The van der Waals surface area contributed by atoms with Gasteiger partial charge >= 0.3 is 0 Å². The second-order valence-electron chi connectivity index (χ2n) is 6.02. The normalized spacial score (nSPS) is 14.4. The summed E-state index contributed by atoms with van der Waals surface area (Å²) in [6.45, 7) is 2.16. The van der Waals surface area contributed by atoms with Crippen molar-refractivity contribution in [3.05, 3.63) is 76.1 Å². The second kappa shape index (κ2) is 6.38. The van der Waals surface area contributed by atoms with Crippen molar-refractivity contribution in [3.8, 4) is 11.3 Å². The van der Waals surface area contributed by atoms with Crippen molar-refractivity contribution in [1.82, 2.24) is 4.98 Å². The lowest BCUT2D eigenvalue weighted by atomic mass is 10.1.